The Morgan fingerprint density at radius 2 is 1.79 bits per heavy atom. The van der Waals surface area contributed by atoms with E-state index in [1.54, 1.807) is 4.90 Å². The molecule has 0 aliphatic carbocycles. The third kappa shape index (κ3) is 5.40. The summed E-state index contributed by atoms with van der Waals surface area (Å²) in [5.74, 6) is 1.23. The number of rotatable bonds is 8. The number of benzene rings is 1. The van der Waals surface area contributed by atoms with Gasteiger partial charge >= 0.3 is 0 Å². The van der Waals surface area contributed by atoms with Crippen molar-refractivity contribution in [2.75, 3.05) is 19.8 Å². The number of amides is 2. The molecule has 0 aromatic heterocycles. The summed E-state index contributed by atoms with van der Waals surface area (Å²) in [6.07, 6.45) is 2.63. The van der Waals surface area contributed by atoms with Crippen molar-refractivity contribution < 1.29 is 19.1 Å². The number of likely N-dealkylation sites (tertiary alicyclic amines) is 1. The van der Waals surface area contributed by atoms with Crippen molar-refractivity contribution in [1.82, 2.24) is 10.2 Å². The van der Waals surface area contributed by atoms with Crippen LogP contribution in [0.3, 0.4) is 0 Å². The first-order chi connectivity index (χ1) is 13.4. The van der Waals surface area contributed by atoms with Crippen molar-refractivity contribution in [1.29, 1.82) is 0 Å². The minimum absolute atomic E-state index is 0.0483. The first-order valence-electron chi connectivity index (χ1n) is 10.4. The van der Waals surface area contributed by atoms with Crippen LogP contribution in [0.2, 0.25) is 0 Å². The summed E-state index contributed by atoms with van der Waals surface area (Å²) in [6, 6.07) is 5.15. The van der Waals surface area contributed by atoms with Crippen LogP contribution in [0, 0.1) is 5.92 Å². The Kier molecular flexibility index (Phi) is 8.15. The van der Waals surface area contributed by atoms with Crippen molar-refractivity contribution in [2.24, 2.45) is 5.92 Å². The molecule has 1 heterocycles. The van der Waals surface area contributed by atoms with Crippen LogP contribution in [-0.4, -0.2) is 42.5 Å². The highest BCUT2D eigenvalue weighted by Gasteiger charge is 2.33. The maximum atomic E-state index is 12.9. The largest absolute Gasteiger partial charge is 0.490 e. The second-order valence-corrected chi connectivity index (χ2v) is 7.50. The predicted molar refractivity (Wildman–Crippen MR) is 110 cm³/mol. The molecule has 0 unspecified atom stereocenters. The van der Waals surface area contributed by atoms with Gasteiger partial charge in [0.05, 0.1) is 19.3 Å². The maximum Gasteiger partial charge on any atom is 0.243 e. The van der Waals surface area contributed by atoms with Gasteiger partial charge in [-0.25, -0.2) is 0 Å². The first-order valence-corrected chi connectivity index (χ1v) is 10.4. The fourth-order valence-electron chi connectivity index (χ4n) is 3.53. The Bertz CT molecular complexity index is 675. The van der Waals surface area contributed by atoms with E-state index in [2.05, 4.69) is 5.32 Å². The van der Waals surface area contributed by atoms with Crippen LogP contribution >= 0.6 is 0 Å². The first kappa shape index (κ1) is 22.1. The second kappa shape index (κ2) is 10.3. The summed E-state index contributed by atoms with van der Waals surface area (Å²) in [6.45, 7) is 11.3. The van der Waals surface area contributed by atoms with Gasteiger partial charge in [0.25, 0.3) is 0 Å². The van der Waals surface area contributed by atoms with E-state index in [4.69, 9.17) is 9.47 Å². The lowest BCUT2D eigenvalue weighted by Crippen LogP contribution is -2.53. The smallest absolute Gasteiger partial charge is 0.243 e. The van der Waals surface area contributed by atoms with Crippen molar-refractivity contribution in [3.63, 3.8) is 0 Å². The Hall–Kier alpha value is -2.24. The summed E-state index contributed by atoms with van der Waals surface area (Å²) in [4.78, 5) is 27.2. The minimum Gasteiger partial charge on any atom is -0.490 e. The van der Waals surface area contributed by atoms with Gasteiger partial charge in [-0.15, -0.1) is 0 Å². The third-order valence-electron chi connectivity index (χ3n) is 5.01. The van der Waals surface area contributed by atoms with Crippen LogP contribution < -0.4 is 14.8 Å². The van der Waals surface area contributed by atoms with Crippen LogP contribution in [0.4, 0.5) is 0 Å². The average Bonchev–Trinajstić information content (AvgIpc) is 2.68. The Labute approximate surface area is 168 Å². The molecular formula is C22H34N2O4. The summed E-state index contributed by atoms with van der Waals surface area (Å²) >= 11 is 0. The topological polar surface area (TPSA) is 67.9 Å². The van der Waals surface area contributed by atoms with Gasteiger partial charge in [0.15, 0.2) is 11.5 Å². The van der Waals surface area contributed by atoms with Crippen molar-refractivity contribution in [3.05, 3.63) is 23.8 Å². The normalized spacial score (nSPS) is 17.9. The Balaban J connectivity index is 2.12. The number of nitrogens with one attached hydrogen (secondary N) is 1. The van der Waals surface area contributed by atoms with E-state index in [9.17, 15) is 9.59 Å². The zero-order valence-electron chi connectivity index (χ0n) is 17.8. The van der Waals surface area contributed by atoms with Crippen LogP contribution in [-0.2, 0) is 9.59 Å². The summed E-state index contributed by atoms with van der Waals surface area (Å²) in [7, 11) is 0. The quantitative estimate of drug-likeness (QED) is 0.735. The van der Waals surface area contributed by atoms with E-state index in [1.165, 1.54) is 0 Å². The second-order valence-electron chi connectivity index (χ2n) is 7.50. The number of piperidine rings is 1. The zero-order chi connectivity index (χ0) is 20.7. The van der Waals surface area contributed by atoms with Gasteiger partial charge in [-0.3, -0.25) is 9.59 Å². The van der Waals surface area contributed by atoms with Crippen molar-refractivity contribution in [3.8, 4) is 11.5 Å². The summed E-state index contributed by atoms with van der Waals surface area (Å²) < 4.78 is 11.3. The van der Waals surface area contributed by atoms with Crippen LogP contribution in [0.15, 0.2) is 18.2 Å². The molecule has 0 radical (unpaired) electrons. The molecule has 0 saturated carbocycles. The van der Waals surface area contributed by atoms with Gasteiger partial charge in [0.1, 0.15) is 6.04 Å². The molecule has 1 aromatic rings. The molecule has 6 heteroatoms. The van der Waals surface area contributed by atoms with Crippen LogP contribution in [0.5, 0.6) is 11.5 Å². The molecule has 1 saturated heterocycles. The number of hydrogen-bond acceptors (Lipinski definition) is 4. The molecule has 28 heavy (non-hydrogen) atoms. The van der Waals surface area contributed by atoms with E-state index in [0.29, 0.717) is 37.7 Å². The molecule has 6 nitrogen and oxygen atoms in total. The highest BCUT2D eigenvalue weighted by atomic mass is 16.5. The average molecular weight is 391 g/mol. The summed E-state index contributed by atoms with van der Waals surface area (Å²) in [5.41, 5.74) is 0.942. The zero-order valence-corrected chi connectivity index (χ0v) is 17.8. The van der Waals surface area contributed by atoms with E-state index >= 15 is 0 Å². The lowest BCUT2D eigenvalue weighted by Gasteiger charge is -2.36. The maximum absolute atomic E-state index is 12.9. The molecule has 1 aliphatic rings. The summed E-state index contributed by atoms with van der Waals surface area (Å²) in [5, 5.41) is 3.08. The van der Waals surface area contributed by atoms with Gasteiger partial charge in [-0.1, -0.05) is 19.9 Å². The SMILES string of the molecule is CCOc1ccc([C@H](C)NC(=O)[C@H]2CCCCN2C(=O)C(C)C)cc1OCC. The monoisotopic (exact) mass is 390 g/mol. The third-order valence-corrected chi connectivity index (χ3v) is 5.01. The van der Waals surface area contributed by atoms with Gasteiger partial charge in [0, 0.05) is 12.5 Å². The predicted octanol–water partition coefficient (Wildman–Crippen LogP) is 3.70. The van der Waals surface area contributed by atoms with E-state index in [0.717, 1.165) is 18.4 Å². The number of ether oxygens (including phenoxy) is 2. The molecule has 2 amide bonds. The number of nitrogens with zero attached hydrogens (tertiary/aromatic N) is 1. The molecular weight excluding hydrogens is 356 g/mol. The molecule has 0 spiro atoms. The van der Waals surface area contributed by atoms with E-state index in [1.807, 2.05) is 52.8 Å². The molecule has 1 fully saturated rings. The van der Waals surface area contributed by atoms with Gasteiger partial charge < -0.3 is 19.7 Å². The molecule has 2 rings (SSSR count). The lowest BCUT2D eigenvalue weighted by atomic mass is 9.98. The molecule has 0 bridgehead atoms. The minimum atomic E-state index is -0.389. The molecule has 2 atom stereocenters. The number of hydrogen-bond donors (Lipinski definition) is 1. The van der Waals surface area contributed by atoms with E-state index < -0.39 is 0 Å². The van der Waals surface area contributed by atoms with Gasteiger partial charge in [0.2, 0.25) is 11.8 Å². The highest BCUT2D eigenvalue weighted by Crippen LogP contribution is 2.31. The molecule has 1 aromatic carbocycles. The van der Waals surface area contributed by atoms with Crippen molar-refractivity contribution in [2.45, 2.75) is 66.0 Å². The lowest BCUT2D eigenvalue weighted by molar-refractivity contribution is -0.144. The van der Waals surface area contributed by atoms with Gasteiger partial charge in [-0.2, -0.15) is 0 Å². The Morgan fingerprint density at radius 1 is 1.11 bits per heavy atom. The molecule has 1 aliphatic heterocycles. The number of carbonyl (C=O) groups excluding carboxylic acids is 2. The fourth-order valence-corrected chi connectivity index (χ4v) is 3.53. The fraction of sp³-hybridized carbons (Fsp3) is 0.636. The standard InChI is InChI=1S/C22H34N2O4/c1-6-27-19-12-11-17(14-20(19)28-7-2)16(5)23-21(25)18-10-8-9-13-24(18)22(26)15(3)4/h11-12,14-16,18H,6-10,13H2,1-5H3,(H,23,25)/t16-,18+/m0/s1. The van der Waals surface area contributed by atoms with Crippen LogP contribution in [0.1, 0.15) is 65.5 Å². The van der Waals surface area contributed by atoms with E-state index in [-0.39, 0.29) is 29.8 Å². The highest BCUT2D eigenvalue weighted by molar-refractivity contribution is 5.88. The van der Waals surface area contributed by atoms with Gasteiger partial charge in [-0.05, 0) is 57.7 Å². The van der Waals surface area contributed by atoms with Crippen molar-refractivity contribution >= 4 is 11.8 Å². The number of carbonyl (C=O) groups is 2. The van der Waals surface area contributed by atoms with Crippen LogP contribution in [0.25, 0.3) is 0 Å². The molecule has 156 valence electrons. The molecule has 1 N–H and O–H groups in total. The Morgan fingerprint density at radius 3 is 2.43 bits per heavy atom.